The summed E-state index contributed by atoms with van der Waals surface area (Å²) in [4.78, 5) is 0. The molecule has 0 atom stereocenters. The van der Waals surface area contributed by atoms with Crippen LogP contribution in [0.1, 0.15) is 25.0 Å². The highest BCUT2D eigenvalue weighted by Crippen LogP contribution is 2.52. The van der Waals surface area contributed by atoms with Crippen molar-refractivity contribution in [2.45, 2.75) is 13.8 Å². The van der Waals surface area contributed by atoms with Gasteiger partial charge in [-0.1, -0.05) is 48.5 Å². The summed E-state index contributed by atoms with van der Waals surface area (Å²) in [7, 11) is 0. The first-order valence-electron chi connectivity index (χ1n) is 6.40. The van der Waals surface area contributed by atoms with Crippen molar-refractivity contribution >= 4 is 5.57 Å². The Morgan fingerprint density at radius 1 is 0.500 bits per heavy atom. The van der Waals surface area contributed by atoms with Crippen molar-refractivity contribution in [3.05, 3.63) is 76.4 Å². The molecule has 2 aromatic rings. The molecule has 0 radical (unpaired) electrons. The number of hydrogen-bond acceptors (Lipinski definition) is 0. The summed E-state index contributed by atoms with van der Waals surface area (Å²) in [5.74, 6) is 0. The summed E-state index contributed by atoms with van der Waals surface area (Å²) in [6.07, 6.45) is 0. The van der Waals surface area contributed by atoms with E-state index in [9.17, 15) is 0 Å². The van der Waals surface area contributed by atoms with Crippen LogP contribution in [0.25, 0.3) is 16.7 Å². The molecule has 2 aliphatic rings. The lowest BCUT2D eigenvalue weighted by atomic mass is 10.0. The lowest BCUT2D eigenvalue weighted by Gasteiger charge is -2.02. The van der Waals surface area contributed by atoms with Gasteiger partial charge < -0.3 is 0 Å². The van der Waals surface area contributed by atoms with E-state index in [4.69, 9.17) is 0 Å². The van der Waals surface area contributed by atoms with E-state index >= 15 is 0 Å². The maximum atomic E-state index is 2.25. The van der Waals surface area contributed by atoms with Crippen LogP contribution in [0, 0.1) is 0 Å². The Hall–Kier alpha value is -2.08. The van der Waals surface area contributed by atoms with Gasteiger partial charge in [0, 0.05) is 0 Å². The molecule has 0 saturated carbocycles. The summed E-state index contributed by atoms with van der Waals surface area (Å²) in [6, 6.07) is 17.5. The van der Waals surface area contributed by atoms with Crippen molar-refractivity contribution in [1.29, 1.82) is 0 Å². The third kappa shape index (κ3) is 1.10. The lowest BCUT2D eigenvalue weighted by Crippen LogP contribution is -1.82. The van der Waals surface area contributed by atoms with Gasteiger partial charge in [0.25, 0.3) is 0 Å². The molecule has 0 bridgehead atoms. The highest BCUT2D eigenvalue weighted by molar-refractivity contribution is 6.06. The fourth-order valence-corrected chi connectivity index (χ4v) is 3.07. The Balaban J connectivity index is 2.10. The Kier molecular flexibility index (Phi) is 1.78. The number of hydrogen-bond donors (Lipinski definition) is 0. The van der Waals surface area contributed by atoms with Crippen molar-refractivity contribution < 1.29 is 0 Å². The summed E-state index contributed by atoms with van der Waals surface area (Å²) >= 11 is 0. The summed E-state index contributed by atoms with van der Waals surface area (Å²) in [5, 5.41) is 0. The maximum absolute atomic E-state index is 2.25. The second-order valence-electron chi connectivity index (χ2n) is 5.09. The minimum Gasteiger partial charge on any atom is -0.0616 e. The van der Waals surface area contributed by atoms with E-state index in [1.54, 1.807) is 0 Å². The first kappa shape index (κ1) is 9.90. The van der Waals surface area contributed by atoms with E-state index in [1.165, 1.54) is 44.5 Å². The van der Waals surface area contributed by atoms with Gasteiger partial charge >= 0.3 is 0 Å². The summed E-state index contributed by atoms with van der Waals surface area (Å²) < 4.78 is 0. The fourth-order valence-electron chi connectivity index (χ4n) is 3.07. The molecule has 0 fully saturated rings. The number of fused-ring (bicyclic) bond motifs is 3. The van der Waals surface area contributed by atoms with Gasteiger partial charge in [-0.05, 0) is 58.4 Å². The molecule has 0 unspecified atom stereocenters. The summed E-state index contributed by atoms with van der Waals surface area (Å²) in [5.41, 5.74) is 11.4. The van der Waals surface area contributed by atoms with Gasteiger partial charge in [0.15, 0.2) is 0 Å². The van der Waals surface area contributed by atoms with Crippen molar-refractivity contribution in [3.8, 4) is 11.1 Å². The minimum absolute atomic E-state index is 1.38. The number of benzene rings is 2. The Morgan fingerprint density at radius 2 is 0.889 bits per heavy atom. The third-order valence-electron chi connectivity index (χ3n) is 4.18. The lowest BCUT2D eigenvalue weighted by molar-refractivity contribution is 1.60. The minimum atomic E-state index is 1.38. The molecule has 0 aromatic heterocycles. The monoisotopic (exact) mass is 230 g/mol. The zero-order valence-corrected chi connectivity index (χ0v) is 10.6. The average Bonchev–Trinajstić information content (AvgIpc) is 2.88. The van der Waals surface area contributed by atoms with E-state index in [0.717, 1.165) is 0 Å². The van der Waals surface area contributed by atoms with Gasteiger partial charge in [-0.15, -0.1) is 0 Å². The normalized spacial score (nSPS) is 15.9. The topological polar surface area (TPSA) is 0 Å². The standard InChI is InChI=1S/C18H14/c1-11-12(2)17(11)18-15-9-5-3-7-13(15)14-8-4-6-10-16(14)18/h3-10H,1-2H3. The quantitative estimate of drug-likeness (QED) is 0.519. The smallest absolute Gasteiger partial charge is 0.00208 e. The zero-order chi connectivity index (χ0) is 12.3. The molecule has 2 aliphatic carbocycles. The summed E-state index contributed by atoms with van der Waals surface area (Å²) in [6.45, 7) is 4.45. The Bertz CT molecular complexity index is 681. The van der Waals surface area contributed by atoms with Gasteiger partial charge in [-0.2, -0.15) is 0 Å². The van der Waals surface area contributed by atoms with Crippen LogP contribution in [-0.4, -0.2) is 0 Å². The van der Waals surface area contributed by atoms with Gasteiger partial charge in [-0.3, -0.25) is 0 Å². The number of rotatable bonds is 0. The molecule has 2 aromatic carbocycles. The first-order chi connectivity index (χ1) is 8.79. The molecule has 0 aliphatic heterocycles. The molecule has 0 N–H and O–H groups in total. The Labute approximate surface area is 107 Å². The van der Waals surface area contributed by atoms with Crippen LogP contribution >= 0.6 is 0 Å². The van der Waals surface area contributed by atoms with E-state index in [0.29, 0.717) is 0 Å². The van der Waals surface area contributed by atoms with Crippen molar-refractivity contribution in [3.63, 3.8) is 0 Å². The van der Waals surface area contributed by atoms with E-state index in [1.807, 2.05) is 0 Å². The largest absolute Gasteiger partial charge is 0.0616 e. The predicted octanol–water partition coefficient (Wildman–Crippen LogP) is 4.82. The highest BCUT2D eigenvalue weighted by atomic mass is 14.3. The van der Waals surface area contributed by atoms with Crippen LogP contribution in [-0.2, 0) is 0 Å². The molecule has 0 saturated heterocycles. The first-order valence-corrected chi connectivity index (χ1v) is 6.40. The van der Waals surface area contributed by atoms with Gasteiger partial charge in [0.1, 0.15) is 0 Å². The van der Waals surface area contributed by atoms with Gasteiger partial charge in [-0.25, -0.2) is 0 Å². The van der Waals surface area contributed by atoms with Gasteiger partial charge in [0.05, 0.1) is 0 Å². The molecule has 86 valence electrons. The van der Waals surface area contributed by atoms with Crippen molar-refractivity contribution in [2.24, 2.45) is 0 Å². The van der Waals surface area contributed by atoms with Crippen molar-refractivity contribution in [2.75, 3.05) is 0 Å². The Morgan fingerprint density at radius 3 is 1.28 bits per heavy atom. The molecule has 4 rings (SSSR count). The van der Waals surface area contributed by atoms with Crippen LogP contribution in [0.5, 0.6) is 0 Å². The molecule has 0 amide bonds. The molecule has 0 spiro atoms. The third-order valence-corrected chi connectivity index (χ3v) is 4.18. The van der Waals surface area contributed by atoms with E-state index in [-0.39, 0.29) is 0 Å². The SMILES string of the molecule is CC1=C(C)C1=C1c2ccccc2-c2ccccc21. The van der Waals surface area contributed by atoms with Crippen LogP contribution in [0.15, 0.2) is 65.3 Å². The second kappa shape index (κ2) is 3.23. The maximum Gasteiger partial charge on any atom is -0.00208 e. The predicted molar refractivity (Wildman–Crippen MR) is 76.3 cm³/mol. The van der Waals surface area contributed by atoms with Crippen LogP contribution in [0.3, 0.4) is 0 Å². The van der Waals surface area contributed by atoms with Crippen LogP contribution in [0.2, 0.25) is 0 Å². The van der Waals surface area contributed by atoms with Crippen LogP contribution in [0.4, 0.5) is 0 Å². The number of allylic oxidation sites excluding steroid dienone is 3. The fraction of sp³-hybridized carbons (Fsp3) is 0.111. The van der Waals surface area contributed by atoms with Crippen LogP contribution < -0.4 is 0 Å². The van der Waals surface area contributed by atoms with E-state index < -0.39 is 0 Å². The highest BCUT2D eigenvalue weighted by Gasteiger charge is 2.32. The molecule has 18 heavy (non-hydrogen) atoms. The molecule has 0 heteroatoms. The van der Waals surface area contributed by atoms with Crippen molar-refractivity contribution in [1.82, 2.24) is 0 Å². The zero-order valence-electron chi connectivity index (χ0n) is 10.6. The van der Waals surface area contributed by atoms with E-state index in [2.05, 4.69) is 62.4 Å². The molecular formula is C18H14. The molecule has 0 nitrogen and oxygen atoms in total. The van der Waals surface area contributed by atoms with Gasteiger partial charge in [0.2, 0.25) is 0 Å². The molecular weight excluding hydrogens is 216 g/mol. The second-order valence-corrected chi connectivity index (χ2v) is 5.09. The average molecular weight is 230 g/mol. The molecule has 0 heterocycles.